The van der Waals surface area contributed by atoms with Crippen LogP contribution in [0.3, 0.4) is 0 Å². The SMILES string of the molecule is CNc1cc(OC)c(OC)cc1C(N)=O. The number of rotatable bonds is 4. The molecule has 0 saturated heterocycles. The number of amides is 1. The van der Waals surface area contributed by atoms with Crippen molar-refractivity contribution >= 4 is 11.6 Å². The lowest BCUT2D eigenvalue weighted by atomic mass is 10.1. The minimum atomic E-state index is -0.514. The Morgan fingerprint density at radius 3 is 2.20 bits per heavy atom. The molecule has 0 atom stereocenters. The monoisotopic (exact) mass is 210 g/mol. The van der Waals surface area contributed by atoms with Crippen molar-refractivity contribution in [2.75, 3.05) is 26.6 Å². The summed E-state index contributed by atoms with van der Waals surface area (Å²) in [6.45, 7) is 0. The second-order valence-electron chi connectivity index (χ2n) is 2.87. The van der Waals surface area contributed by atoms with E-state index in [0.29, 0.717) is 22.7 Å². The van der Waals surface area contributed by atoms with Gasteiger partial charge in [-0.15, -0.1) is 0 Å². The van der Waals surface area contributed by atoms with Crippen molar-refractivity contribution in [2.45, 2.75) is 0 Å². The highest BCUT2D eigenvalue weighted by molar-refractivity contribution is 5.99. The van der Waals surface area contributed by atoms with E-state index in [1.165, 1.54) is 14.2 Å². The van der Waals surface area contributed by atoms with Crippen molar-refractivity contribution < 1.29 is 14.3 Å². The van der Waals surface area contributed by atoms with Crippen molar-refractivity contribution in [2.24, 2.45) is 5.73 Å². The fourth-order valence-electron chi connectivity index (χ4n) is 1.29. The molecule has 1 aromatic rings. The summed E-state index contributed by atoms with van der Waals surface area (Å²) in [7, 11) is 4.73. The van der Waals surface area contributed by atoms with E-state index in [1.54, 1.807) is 19.2 Å². The lowest BCUT2D eigenvalue weighted by molar-refractivity contribution is 0.100. The molecular formula is C10H14N2O3. The molecule has 0 heterocycles. The molecule has 0 unspecified atom stereocenters. The Morgan fingerprint density at radius 2 is 1.80 bits per heavy atom. The van der Waals surface area contributed by atoms with E-state index in [1.807, 2.05) is 0 Å². The summed E-state index contributed by atoms with van der Waals surface area (Å²) in [5, 5.41) is 2.87. The molecule has 5 heteroatoms. The fraction of sp³-hybridized carbons (Fsp3) is 0.300. The summed E-state index contributed by atoms with van der Waals surface area (Å²) in [6, 6.07) is 3.21. The Hall–Kier alpha value is -1.91. The molecular weight excluding hydrogens is 196 g/mol. The quantitative estimate of drug-likeness (QED) is 0.772. The van der Waals surface area contributed by atoms with Gasteiger partial charge in [0.05, 0.1) is 25.5 Å². The topological polar surface area (TPSA) is 73.6 Å². The molecule has 82 valence electrons. The Labute approximate surface area is 88.2 Å². The second kappa shape index (κ2) is 4.54. The Balaban J connectivity index is 3.34. The van der Waals surface area contributed by atoms with Gasteiger partial charge in [0.25, 0.3) is 5.91 Å². The number of nitrogens with two attached hydrogens (primary N) is 1. The fourth-order valence-corrected chi connectivity index (χ4v) is 1.29. The minimum absolute atomic E-state index is 0.371. The van der Waals surface area contributed by atoms with Gasteiger partial charge in [-0.05, 0) is 6.07 Å². The van der Waals surface area contributed by atoms with Crippen LogP contribution in [0.15, 0.2) is 12.1 Å². The van der Waals surface area contributed by atoms with Crippen molar-refractivity contribution in [1.82, 2.24) is 0 Å². The normalized spacial score (nSPS) is 9.53. The van der Waals surface area contributed by atoms with E-state index < -0.39 is 5.91 Å². The first-order chi connectivity index (χ1) is 7.13. The third-order valence-electron chi connectivity index (χ3n) is 2.06. The van der Waals surface area contributed by atoms with Crippen molar-refractivity contribution in [3.63, 3.8) is 0 Å². The largest absolute Gasteiger partial charge is 0.493 e. The molecule has 0 aliphatic carbocycles. The molecule has 0 fully saturated rings. The molecule has 1 rings (SSSR count). The third kappa shape index (κ3) is 2.12. The van der Waals surface area contributed by atoms with Crippen LogP contribution >= 0.6 is 0 Å². The molecule has 5 nitrogen and oxygen atoms in total. The first-order valence-electron chi connectivity index (χ1n) is 4.37. The summed E-state index contributed by atoms with van der Waals surface area (Å²) in [5.74, 6) is 0.512. The van der Waals surface area contributed by atoms with Gasteiger partial charge in [-0.2, -0.15) is 0 Å². The lowest BCUT2D eigenvalue weighted by Crippen LogP contribution is -2.13. The number of primary amides is 1. The average molecular weight is 210 g/mol. The van der Waals surface area contributed by atoms with Crippen LogP contribution in [0.2, 0.25) is 0 Å². The number of hydrogen-bond donors (Lipinski definition) is 2. The van der Waals surface area contributed by atoms with Crippen molar-refractivity contribution in [1.29, 1.82) is 0 Å². The van der Waals surface area contributed by atoms with E-state index in [4.69, 9.17) is 15.2 Å². The predicted molar refractivity (Wildman–Crippen MR) is 57.6 cm³/mol. The Bertz CT molecular complexity index is 377. The number of benzene rings is 1. The molecule has 15 heavy (non-hydrogen) atoms. The summed E-state index contributed by atoms with van der Waals surface area (Å²) < 4.78 is 10.2. The van der Waals surface area contributed by atoms with Crippen molar-refractivity contribution in [3.8, 4) is 11.5 Å². The second-order valence-corrected chi connectivity index (χ2v) is 2.87. The zero-order valence-electron chi connectivity index (χ0n) is 8.96. The van der Waals surface area contributed by atoms with Gasteiger partial charge in [0.2, 0.25) is 0 Å². The molecule has 0 aliphatic rings. The van der Waals surface area contributed by atoms with E-state index in [2.05, 4.69) is 5.32 Å². The van der Waals surface area contributed by atoms with Gasteiger partial charge in [0.1, 0.15) is 0 Å². The zero-order valence-corrected chi connectivity index (χ0v) is 8.96. The van der Waals surface area contributed by atoms with E-state index in [9.17, 15) is 4.79 Å². The van der Waals surface area contributed by atoms with Crippen LogP contribution in [0.1, 0.15) is 10.4 Å². The third-order valence-corrected chi connectivity index (χ3v) is 2.06. The first-order valence-corrected chi connectivity index (χ1v) is 4.37. The smallest absolute Gasteiger partial charge is 0.250 e. The summed E-state index contributed by atoms with van der Waals surface area (Å²) in [4.78, 5) is 11.1. The summed E-state index contributed by atoms with van der Waals surface area (Å²) in [6.07, 6.45) is 0. The number of carbonyl (C=O) groups excluding carboxylic acids is 1. The molecule has 0 spiro atoms. The number of methoxy groups -OCH3 is 2. The molecule has 1 amide bonds. The highest BCUT2D eigenvalue weighted by Crippen LogP contribution is 2.32. The molecule has 0 aliphatic heterocycles. The summed E-state index contributed by atoms with van der Waals surface area (Å²) >= 11 is 0. The Kier molecular flexibility index (Phi) is 3.38. The maximum atomic E-state index is 11.1. The van der Waals surface area contributed by atoms with Crippen LogP contribution in [0.4, 0.5) is 5.69 Å². The molecule has 0 aromatic heterocycles. The number of anilines is 1. The molecule has 3 N–H and O–H groups in total. The highest BCUT2D eigenvalue weighted by atomic mass is 16.5. The van der Waals surface area contributed by atoms with Crippen LogP contribution in [-0.4, -0.2) is 27.2 Å². The number of hydrogen-bond acceptors (Lipinski definition) is 4. The van der Waals surface area contributed by atoms with E-state index in [-0.39, 0.29) is 0 Å². The van der Waals surface area contributed by atoms with Crippen LogP contribution in [0, 0.1) is 0 Å². The van der Waals surface area contributed by atoms with Gasteiger partial charge < -0.3 is 20.5 Å². The van der Waals surface area contributed by atoms with Gasteiger partial charge >= 0.3 is 0 Å². The van der Waals surface area contributed by atoms with Crippen LogP contribution in [0.25, 0.3) is 0 Å². The number of carbonyl (C=O) groups is 1. The minimum Gasteiger partial charge on any atom is -0.493 e. The first kappa shape index (κ1) is 11.2. The van der Waals surface area contributed by atoms with E-state index in [0.717, 1.165) is 0 Å². The van der Waals surface area contributed by atoms with Gasteiger partial charge in [0, 0.05) is 13.1 Å². The van der Waals surface area contributed by atoms with Crippen LogP contribution in [-0.2, 0) is 0 Å². The van der Waals surface area contributed by atoms with Crippen molar-refractivity contribution in [3.05, 3.63) is 17.7 Å². The molecule has 0 bridgehead atoms. The zero-order chi connectivity index (χ0) is 11.4. The lowest BCUT2D eigenvalue weighted by Gasteiger charge is -2.12. The number of nitrogens with one attached hydrogen (secondary N) is 1. The van der Waals surface area contributed by atoms with Crippen LogP contribution in [0.5, 0.6) is 11.5 Å². The Morgan fingerprint density at radius 1 is 1.27 bits per heavy atom. The molecule has 0 saturated carbocycles. The molecule has 1 aromatic carbocycles. The van der Waals surface area contributed by atoms with Gasteiger partial charge in [-0.1, -0.05) is 0 Å². The maximum Gasteiger partial charge on any atom is 0.250 e. The van der Waals surface area contributed by atoms with E-state index >= 15 is 0 Å². The summed E-state index contributed by atoms with van der Waals surface area (Å²) in [5.41, 5.74) is 6.21. The van der Waals surface area contributed by atoms with Gasteiger partial charge in [0.15, 0.2) is 11.5 Å². The van der Waals surface area contributed by atoms with Crippen LogP contribution < -0.4 is 20.5 Å². The van der Waals surface area contributed by atoms with Gasteiger partial charge in [-0.3, -0.25) is 4.79 Å². The van der Waals surface area contributed by atoms with Gasteiger partial charge in [-0.25, -0.2) is 0 Å². The maximum absolute atomic E-state index is 11.1. The standard InChI is InChI=1S/C10H14N2O3/c1-12-7-5-9(15-3)8(14-2)4-6(7)10(11)13/h4-5,12H,1-3H3,(H2,11,13). The average Bonchev–Trinajstić information content (AvgIpc) is 2.26. The highest BCUT2D eigenvalue weighted by Gasteiger charge is 2.13. The molecule has 0 radical (unpaired) electrons. The number of ether oxygens (including phenoxy) is 2. The predicted octanol–water partition coefficient (Wildman–Crippen LogP) is 0.844.